The molecule has 7 heteroatoms. The lowest BCUT2D eigenvalue weighted by Gasteiger charge is -1.91. The van der Waals surface area contributed by atoms with Crippen LogP contribution in [-0.2, 0) is 7.05 Å². The maximum atomic E-state index is 11.9. The maximum Gasteiger partial charge on any atom is 0.318 e. The number of hydrogen-bond acceptors (Lipinski definition) is 5. The van der Waals surface area contributed by atoms with E-state index in [1.165, 1.54) is 30.1 Å². The standard InChI is InChI=1S/C12H10N4O3/c1-15-8-10(16(18)19)12(14-15)11(17)6-5-9-4-2-3-7-13-9/h2-8H,1H3/b6-5+. The second-order valence-electron chi connectivity index (χ2n) is 3.75. The number of ketones is 1. The van der Waals surface area contributed by atoms with Crippen molar-refractivity contribution in [2.45, 2.75) is 0 Å². The van der Waals surface area contributed by atoms with Crippen LogP contribution in [0.15, 0.2) is 36.7 Å². The summed E-state index contributed by atoms with van der Waals surface area (Å²) in [5.74, 6) is -0.530. The molecule has 2 heterocycles. The van der Waals surface area contributed by atoms with Gasteiger partial charge in [0.1, 0.15) is 6.20 Å². The molecule has 19 heavy (non-hydrogen) atoms. The smallest absolute Gasteiger partial charge is 0.287 e. The summed E-state index contributed by atoms with van der Waals surface area (Å²) in [7, 11) is 1.52. The van der Waals surface area contributed by atoms with Gasteiger partial charge in [-0.05, 0) is 24.3 Å². The molecule has 0 spiro atoms. The van der Waals surface area contributed by atoms with Crippen molar-refractivity contribution >= 4 is 17.5 Å². The fraction of sp³-hybridized carbons (Fsp3) is 0.0833. The molecule has 0 saturated heterocycles. The number of nitrogens with zero attached hydrogens (tertiary/aromatic N) is 4. The molecule has 7 nitrogen and oxygen atoms in total. The largest absolute Gasteiger partial charge is 0.318 e. The Hall–Kier alpha value is -2.83. The lowest BCUT2D eigenvalue weighted by atomic mass is 10.2. The second kappa shape index (κ2) is 5.21. The first kappa shape index (κ1) is 12.6. The van der Waals surface area contributed by atoms with Gasteiger partial charge in [0.2, 0.25) is 11.5 Å². The fourth-order valence-electron chi connectivity index (χ4n) is 1.50. The van der Waals surface area contributed by atoms with Crippen molar-refractivity contribution < 1.29 is 9.72 Å². The van der Waals surface area contributed by atoms with Gasteiger partial charge in [-0.15, -0.1) is 0 Å². The van der Waals surface area contributed by atoms with Crippen LogP contribution >= 0.6 is 0 Å². The van der Waals surface area contributed by atoms with E-state index in [0.717, 1.165) is 0 Å². The predicted molar refractivity (Wildman–Crippen MR) is 67.5 cm³/mol. The van der Waals surface area contributed by atoms with Gasteiger partial charge in [0.15, 0.2) is 0 Å². The van der Waals surface area contributed by atoms with Crippen molar-refractivity contribution in [2.75, 3.05) is 0 Å². The van der Waals surface area contributed by atoms with E-state index in [1.807, 2.05) is 0 Å². The first-order valence-corrected chi connectivity index (χ1v) is 5.39. The van der Waals surface area contributed by atoms with E-state index in [1.54, 1.807) is 24.4 Å². The number of pyridine rings is 1. The summed E-state index contributed by atoms with van der Waals surface area (Å²) in [6.45, 7) is 0. The first-order valence-electron chi connectivity index (χ1n) is 5.39. The number of nitro groups is 1. The van der Waals surface area contributed by atoms with Gasteiger partial charge in [0.05, 0.1) is 10.6 Å². The fourth-order valence-corrected chi connectivity index (χ4v) is 1.50. The zero-order chi connectivity index (χ0) is 13.8. The minimum Gasteiger partial charge on any atom is -0.287 e. The summed E-state index contributed by atoms with van der Waals surface area (Å²) in [6.07, 6.45) is 5.49. The molecule has 0 bridgehead atoms. The zero-order valence-corrected chi connectivity index (χ0v) is 10.1. The van der Waals surface area contributed by atoms with Crippen LogP contribution in [0.1, 0.15) is 16.2 Å². The lowest BCUT2D eigenvalue weighted by molar-refractivity contribution is -0.385. The number of carbonyl (C=O) groups is 1. The lowest BCUT2D eigenvalue weighted by Crippen LogP contribution is -2.01. The van der Waals surface area contributed by atoms with Gasteiger partial charge >= 0.3 is 5.69 Å². The topological polar surface area (TPSA) is 90.9 Å². The van der Waals surface area contributed by atoms with E-state index in [4.69, 9.17) is 0 Å². The maximum absolute atomic E-state index is 11.9. The van der Waals surface area contributed by atoms with E-state index in [2.05, 4.69) is 10.1 Å². The van der Waals surface area contributed by atoms with Crippen LogP contribution in [0.5, 0.6) is 0 Å². The van der Waals surface area contributed by atoms with E-state index in [0.29, 0.717) is 5.69 Å². The molecule has 0 amide bonds. The van der Waals surface area contributed by atoms with Crippen molar-refractivity contribution in [3.8, 4) is 0 Å². The van der Waals surface area contributed by atoms with Gasteiger partial charge in [-0.25, -0.2) is 0 Å². The summed E-state index contributed by atoms with van der Waals surface area (Å²) >= 11 is 0. The molecule has 0 atom stereocenters. The molecular weight excluding hydrogens is 248 g/mol. The van der Waals surface area contributed by atoms with Crippen molar-refractivity contribution in [1.82, 2.24) is 14.8 Å². The normalized spacial score (nSPS) is 10.8. The molecule has 0 aliphatic heterocycles. The molecular formula is C12H10N4O3. The van der Waals surface area contributed by atoms with Crippen LogP contribution in [0.4, 0.5) is 5.69 Å². The molecule has 2 rings (SSSR count). The Morgan fingerprint density at radius 1 is 1.47 bits per heavy atom. The minimum absolute atomic E-state index is 0.181. The average molecular weight is 258 g/mol. The van der Waals surface area contributed by atoms with E-state index < -0.39 is 10.7 Å². The Bertz CT molecular complexity index is 646. The van der Waals surface area contributed by atoms with Crippen LogP contribution in [0.2, 0.25) is 0 Å². The van der Waals surface area contributed by atoms with Gasteiger partial charge in [-0.2, -0.15) is 5.10 Å². The average Bonchev–Trinajstić information content (AvgIpc) is 2.79. The SMILES string of the molecule is Cn1cc([N+](=O)[O-])c(C(=O)/C=C/c2ccccn2)n1. The van der Waals surface area contributed by atoms with Crippen molar-refractivity contribution in [2.24, 2.45) is 7.05 Å². The molecule has 0 radical (unpaired) electrons. The van der Waals surface area contributed by atoms with E-state index in [-0.39, 0.29) is 11.4 Å². The van der Waals surface area contributed by atoms with Gasteiger partial charge in [-0.1, -0.05) is 6.07 Å². The molecule has 0 unspecified atom stereocenters. The minimum atomic E-state index is -0.630. The second-order valence-corrected chi connectivity index (χ2v) is 3.75. The van der Waals surface area contributed by atoms with Crippen molar-refractivity contribution in [1.29, 1.82) is 0 Å². The molecule has 2 aromatic heterocycles. The third kappa shape index (κ3) is 2.89. The highest BCUT2D eigenvalue weighted by Crippen LogP contribution is 2.17. The molecule has 0 N–H and O–H groups in total. The van der Waals surface area contributed by atoms with Gasteiger partial charge in [0.25, 0.3) is 0 Å². The van der Waals surface area contributed by atoms with Crippen LogP contribution in [0, 0.1) is 10.1 Å². The summed E-state index contributed by atoms with van der Waals surface area (Å²) in [6, 6.07) is 5.25. The number of carbonyl (C=O) groups excluding carboxylic acids is 1. The Kier molecular flexibility index (Phi) is 3.46. The van der Waals surface area contributed by atoms with Gasteiger partial charge in [0, 0.05) is 13.2 Å². The first-order chi connectivity index (χ1) is 9.08. The molecule has 96 valence electrons. The molecule has 0 saturated carbocycles. The van der Waals surface area contributed by atoms with Gasteiger partial charge in [-0.3, -0.25) is 24.6 Å². The number of allylic oxidation sites excluding steroid dienone is 1. The van der Waals surface area contributed by atoms with Crippen LogP contribution < -0.4 is 0 Å². The monoisotopic (exact) mass is 258 g/mol. The summed E-state index contributed by atoms with van der Waals surface area (Å²) < 4.78 is 1.24. The van der Waals surface area contributed by atoms with Crippen LogP contribution in [0.3, 0.4) is 0 Å². The Morgan fingerprint density at radius 2 is 2.26 bits per heavy atom. The number of rotatable bonds is 4. The Labute approximate surface area is 108 Å². The summed E-state index contributed by atoms with van der Waals surface area (Å²) in [4.78, 5) is 26.0. The van der Waals surface area contributed by atoms with Crippen LogP contribution in [0.25, 0.3) is 6.08 Å². The van der Waals surface area contributed by atoms with E-state index in [9.17, 15) is 14.9 Å². The third-order valence-corrected chi connectivity index (χ3v) is 2.33. The number of hydrogen-bond donors (Lipinski definition) is 0. The molecule has 0 fully saturated rings. The van der Waals surface area contributed by atoms with Crippen LogP contribution in [-0.4, -0.2) is 25.5 Å². The molecule has 0 aliphatic rings. The third-order valence-electron chi connectivity index (χ3n) is 2.33. The molecule has 2 aromatic rings. The highest BCUT2D eigenvalue weighted by atomic mass is 16.6. The summed E-state index contributed by atoms with van der Waals surface area (Å²) in [5, 5.41) is 14.6. The van der Waals surface area contributed by atoms with Crippen molar-refractivity contribution in [3.05, 3.63) is 58.2 Å². The quantitative estimate of drug-likeness (QED) is 0.359. The summed E-state index contributed by atoms with van der Waals surface area (Å²) in [5.41, 5.74) is 0.104. The van der Waals surface area contributed by atoms with Gasteiger partial charge < -0.3 is 0 Å². The molecule has 0 aliphatic carbocycles. The Balaban J connectivity index is 2.26. The highest BCUT2D eigenvalue weighted by molar-refractivity contribution is 6.07. The molecule has 0 aromatic carbocycles. The number of aromatic nitrogens is 3. The van der Waals surface area contributed by atoms with Crippen molar-refractivity contribution in [3.63, 3.8) is 0 Å². The predicted octanol–water partition coefficient (Wildman–Crippen LogP) is 1.62. The Morgan fingerprint density at radius 3 is 2.89 bits per heavy atom. The highest BCUT2D eigenvalue weighted by Gasteiger charge is 2.22. The number of aryl methyl sites for hydroxylation is 1. The van der Waals surface area contributed by atoms with E-state index >= 15 is 0 Å². The zero-order valence-electron chi connectivity index (χ0n) is 10.1.